The van der Waals surface area contributed by atoms with Crippen LogP contribution >= 0.6 is 0 Å². The molecule has 1 amide bonds. The minimum atomic E-state index is -4.59. The first-order chi connectivity index (χ1) is 16.1. The predicted molar refractivity (Wildman–Crippen MR) is 118 cm³/mol. The lowest BCUT2D eigenvalue weighted by Gasteiger charge is -2.43. The van der Waals surface area contributed by atoms with Gasteiger partial charge < -0.3 is 10.6 Å². The minimum Gasteiger partial charge on any atom is -0.384 e. The first-order valence-corrected chi connectivity index (χ1v) is 10.7. The van der Waals surface area contributed by atoms with Gasteiger partial charge in [0.05, 0.1) is 11.1 Å². The van der Waals surface area contributed by atoms with E-state index in [2.05, 4.69) is 0 Å². The maximum absolute atomic E-state index is 13.8. The van der Waals surface area contributed by atoms with E-state index in [4.69, 9.17) is 5.73 Å². The number of fused-ring (bicyclic) bond motifs is 3. The number of likely N-dealkylation sites (N-methyl/N-ethyl adjacent to an activating group) is 1. The van der Waals surface area contributed by atoms with Crippen molar-refractivity contribution in [3.05, 3.63) is 82.3 Å². The molecular formula is C25H19F3N4O2. The number of benzene rings is 2. The van der Waals surface area contributed by atoms with E-state index in [-0.39, 0.29) is 34.9 Å². The van der Waals surface area contributed by atoms with Crippen molar-refractivity contribution in [3.63, 3.8) is 0 Å². The standard InChI is InChI=1S/C25H19F3N4O2/c1-31-18-9-3-2-8-16(18)24(23(31)34)17(13-29)22(30)32(19-10-5-11-20(33)21(19)24)15-7-4-6-14(12-15)25(26,27)28/h2-4,6-9,12H,5,10-11,30H2,1H3. The summed E-state index contributed by atoms with van der Waals surface area (Å²) >= 11 is 0. The molecule has 2 aromatic carbocycles. The number of hydrogen-bond donors (Lipinski definition) is 1. The molecule has 1 unspecified atom stereocenters. The summed E-state index contributed by atoms with van der Waals surface area (Å²) in [7, 11) is 1.56. The van der Waals surface area contributed by atoms with Gasteiger partial charge in [-0.2, -0.15) is 18.4 Å². The molecule has 2 aromatic rings. The Bertz CT molecular complexity index is 1370. The smallest absolute Gasteiger partial charge is 0.384 e. The minimum absolute atomic E-state index is 0.0733. The largest absolute Gasteiger partial charge is 0.416 e. The molecule has 0 radical (unpaired) electrons. The number of alkyl halides is 3. The van der Waals surface area contributed by atoms with Crippen molar-refractivity contribution in [2.75, 3.05) is 16.8 Å². The van der Waals surface area contributed by atoms with Gasteiger partial charge in [0.2, 0.25) is 5.91 Å². The number of amides is 1. The molecule has 5 rings (SSSR count). The highest BCUT2D eigenvalue weighted by molar-refractivity contribution is 6.20. The summed E-state index contributed by atoms with van der Waals surface area (Å²) < 4.78 is 40.3. The third-order valence-electron chi connectivity index (χ3n) is 6.74. The van der Waals surface area contributed by atoms with Gasteiger partial charge in [-0.1, -0.05) is 24.3 Å². The van der Waals surface area contributed by atoms with Crippen LogP contribution in [0, 0.1) is 11.3 Å². The van der Waals surface area contributed by atoms with Gasteiger partial charge in [-0.15, -0.1) is 0 Å². The van der Waals surface area contributed by atoms with Crippen molar-refractivity contribution < 1.29 is 22.8 Å². The third kappa shape index (κ3) is 2.68. The van der Waals surface area contributed by atoms with Gasteiger partial charge in [-0.05, 0) is 37.1 Å². The van der Waals surface area contributed by atoms with Crippen LogP contribution in [-0.2, 0) is 21.2 Å². The van der Waals surface area contributed by atoms with Crippen LogP contribution in [-0.4, -0.2) is 18.7 Å². The number of hydrogen-bond acceptors (Lipinski definition) is 5. The van der Waals surface area contributed by atoms with E-state index in [0.29, 0.717) is 29.8 Å². The molecule has 172 valence electrons. The molecule has 0 fully saturated rings. The van der Waals surface area contributed by atoms with Crippen LogP contribution in [0.1, 0.15) is 30.4 Å². The van der Waals surface area contributed by atoms with Gasteiger partial charge >= 0.3 is 6.18 Å². The summed E-state index contributed by atoms with van der Waals surface area (Å²) in [6, 6.07) is 13.5. The topological polar surface area (TPSA) is 90.4 Å². The van der Waals surface area contributed by atoms with E-state index < -0.39 is 23.1 Å². The van der Waals surface area contributed by atoms with E-state index in [0.717, 1.165) is 12.1 Å². The maximum atomic E-state index is 13.8. The number of anilines is 2. The molecule has 9 heteroatoms. The molecule has 2 N–H and O–H groups in total. The zero-order chi connectivity index (χ0) is 24.4. The van der Waals surface area contributed by atoms with Crippen molar-refractivity contribution >= 4 is 23.1 Å². The van der Waals surface area contributed by atoms with Crippen LogP contribution in [0.15, 0.2) is 71.2 Å². The summed E-state index contributed by atoms with van der Waals surface area (Å²) in [5.41, 5.74) is 5.26. The lowest BCUT2D eigenvalue weighted by molar-refractivity contribution is -0.137. The second kappa shape index (κ2) is 7.22. The fourth-order valence-corrected chi connectivity index (χ4v) is 5.35. The summed E-state index contributed by atoms with van der Waals surface area (Å²) in [5, 5.41) is 10.2. The molecule has 6 nitrogen and oxygen atoms in total. The summed E-state index contributed by atoms with van der Waals surface area (Å²) in [5.74, 6) is -0.967. The molecule has 1 atom stereocenters. The Hall–Kier alpha value is -4.06. The fraction of sp³-hybridized carbons (Fsp3) is 0.240. The number of nitrogens with zero attached hydrogens (tertiary/aromatic N) is 3. The number of nitrogens with two attached hydrogens (primary N) is 1. The van der Waals surface area contributed by atoms with Crippen LogP contribution in [0.5, 0.6) is 0 Å². The van der Waals surface area contributed by atoms with Gasteiger partial charge in [-0.25, -0.2) is 0 Å². The molecule has 2 heterocycles. The van der Waals surface area contributed by atoms with Crippen molar-refractivity contribution in [2.45, 2.75) is 30.9 Å². The molecule has 34 heavy (non-hydrogen) atoms. The van der Waals surface area contributed by atoms with Crippen LogP contribution in [0.25, 0.3) is 0 Å². The van der Waals surface area contributed by atoms with Crippen LogP contribution in [0.2, 0.25) is 0 Å². The van der Waals surface area contributed by atoms with Gasteiger partial charge in [0.25, 0.3) is 0 Å². The highest BCUT2D eigenvalue weighted by atomic mass is 19.4. The average Bonchev–Trinajstić information content (AvgIpc) is 3.02. The van der Waals surface area contributed by atoms with Gasteiger partial charge in [0, 0.05) is 41.7 Å². The zero-order valence-electron chi connectivity index (χ0n) is 18.1. The molecule has 0 saturated carbocycles. The second-order valence-electron chi connectivity index (χ2n) is 8.49. The number of para-hydroxylation sites is 1. The van der Waals surface area contributed by atoms with E-state index >= 15 is 0 Å². The predicted octanol–water partition coefficient (Wildman–Crippen LogP) is 4.14. The summed E-state index contributed by atoms with van der Waals surface area (Å²) in [4.78, 5) is 30.0. The highest BCUT2D eigenvalue weighted by Crippen LogP contribution is 2.56. The number of carbonyl (C=O) groups excluding carboxylic acids is 2. The lowest BCUT2D eigenvalue weighted by atomic mass is 9.64. The quantitative estimate of drug-likeness (QED) is 0.685. The molecule has 2 aliphatic heterocycles. The Morgan fingerprint density at radius 2 is 1.82 bits per heavy atom. The average molecular weight is 464 g/mol. The number of ketones is 1. The van der Waals surface area contributed by atoms with Gasteiger partial charge in [0.1, 0.15) is 17.3 Å². The first kappa shape index (κ1) is 21.8. The van der Waals surface area contributed by atoms with Crippen molar-refractivity contribution in [1.29, 1.82) is 5.26 Å². The number of Topliss-reactive ketones (excluding diaryl/α,β-unsaturated/α-hetero) is 1. The van der Waals surface area contributed by atoms with Crippen molar-refractivity contribution in [3.8, 4) is 6.07 Å². The number of carbonyl (C=O) groups is 2. The van der Waals surface area contributed by atoms with Gasteiger partial charge in [-0.3, -0.25) is 14.5 Å². The molecular weight excluding hydrogens is 445 g/mol. The zero-order valence-corrected chi connectivity index (χ0v) is 18.1. The van der Waals surface area contributed by atoms with E-state index in [9.17, 15) is 28.0 Å². The number of nitriles is 1. The lowest BCUT2D eigenvalue weighted by Crippen LogP contribution is -2.52. The highest BCUT2D eigenvalue weighted by Gasteiger charge is 2.61. The van der Waals surface area contributed by atoms with Crippen LogP contribution in [0.3, 0.4) is 0 Å². The molecule has 1 spiro atoms. The number of halogens is 3. The van der Waals surface area contributed by atoms with Gasteiger partial charge in [0.15, 0.2) is 5.78 Å². The molecule has 0 bridgehead atoms. The van der Waals surface area contributed by atoms with Crippen molar-refractivity contribution in [1.82, 2.24) is 0 Å². The molecule has 0 saturated heterocycles. The Labute approximate surface area is 193 Å². The second-order valence-corrected chi connectivity index (χ2v) is 8.49. The molecule has 0 aromatic heterocycles. The van der Waals surface area contributed by atoms with Crippen LogP contribution < -0.4 is 15.5 Å². The van der Waals surface area contributed by atoms with E-state index in [1.807, 2.05) is 6.07 Å². The van der Waals surface area contributed by atoms with Crippen LogP contribution in [0.4, 0.5) is 24.5 Å². The van der Waals surface area contributed by atoms with E-state index in [1.165, 1.54) is 21.9 Å². The normalized spacial score (nSPS) is 22.3. The Morgan fingerprint density at radius 1 is 1.09 bits per heavy atom. The fourth-order valence-electron chi connectivity index (χ4n) is 5.35. The Balaban J connectivity index is 1.86. The SMILES string of the molecule is CN1C(=O)C2(C(C#N)=C(N)N(c3cccc(C(F)(F)F)c3)C3=C2C(=O)CCC3)c2ccccc21. The number of allylic oxidation sites excluding steroid dienone is 1. The van der Waals surface area contributed by atoms with E-state index in [1.54, 1.807) is 31.3 Å². The monoisotopic (exact) mass is 464 g/mol. The number of rotatable bonds is 1. The molecule has 1 aliphatic carbocycles. The Morgan fingerprint density at radius 3 is 2.53 bits per heavy atom. The maximum Gasteiger partial charge on any atom is 0.416 e. The summed E-state index contributed by atoms with van der Waals surface area (Å²) in [6.45, 7) is 0. The first-order valence-electron chi connectivity index (χ1n) is 10.7. The summed E-state index contributed by atoms with van der Waals surface area (Å²) in [6.07, 6.45) is -3.66. The third-order valence-corrected chi connectivity index (χ3v) is 6.74. The Kier molecular flexibility index (Phi) is 4.62. The van der Waals surface area contributed by atoms with Crippen molar-refractivity contribution in [2.24, 2.45) is 5.73 Å². The molecule has 3 aliphatic rings.